The second-order valence-corrected chi connectivity index (χ2v) is 6.86. The second kappa shape index (κ2) is 5.73. The van der Waals surface area contributed by atoms with E-state index >= 15 is 0 Å². The molecule has 0 amide bonds. The first-order chi connectivity index (χ1) is 8.49. The van der Waals surface area contributed by atoms with E-state index in [-0.39, 0.29) is 5.82 Å². The van der Waals surface area contributed by atoms with Gasteiger partial charge in [0.05, 0.1) is 0 Å². The van der Waals surface area contributed by atoms with E-state index in [1.807, 2.05) is 13.8 Å². The van der Waals surface area contributed by atoms with Gasteiger partial charge in [0, 0.05) is 4.83 Å². The highest BCUT2D eigenvalue weighted by molar-refractivity contribution is 9.09. The number of alkyl halides is 1. The van der Waals surface area contributed by atoms with E-state index in [1.165, 1.54) is 31.2 Å². The largest absolute Gasteiger partial charge is 0.207 e. The first kappa shape index (κ1) is 14.0. The molecule has 1 aliphatic rings. The van der Waals surface area contributed by atoms with Crippen molar-refractivity contribution >= 4 is 15.9 Å². The molecule has 1 saturated carbocycles. The average Bonchev–Trinajstić information content (AvgIpc) is 2.28. The molecule has 0 radical (unpaired) electrons. The van der Waals surface area contributed by atoms with Crippen molar-refractivity contribution in [2.75, 3.05) is 0 Å². The lowest BCUT2D eigenvalue weighted by atomic mass is 9.79. The highest BCUT2D eigenvalue weighted by atomic mass is 79.9. The van der Waals surface area contributed by atoms with Crippen molar-refractivity contribution in [3.8, 4) is 0 Å². The summed E-state index contributed by atoms with van der Waals surface area (Å²) in [5, 5.41) is 0. The Morgan fingerprint density at radius 2 is 1.61 bits per heavy atom. The van der Waals surface area contributed by atoms with E-state index in [0.29, 0.717) is 10.7 Å². The zero-order valence-corrected chi connectivity index (χ0v) is 13.1. The van der Waals surface area contributed by atoms with Crippen LogP contribution in [-0.2, 0) is 0 Å². The van der Waals surface area contributed by atoms with E-state index in [9.17, 15) is 4.39 Å². The SMILES string of the molecule is Cc1cc(F)cc(C)c1C(Br)C1CCC(C)CC1. The van der Waals surface area contributed by atoms with Crippen LogP contribution >= 0.6 is 15.9 Å². The molecular weight excluding hydrogens is 291 g/mol. The van der Waals surface area contributed by atoms with Crippen molar-refractivity contribution in [2.24, 2.45) is 11.8 Å². The van der Waals surface area contributed by atoms with Gasteiger partial charge >= 0.3 is 0 Å². The van der Waals surface area contributed by atoms with Gasteiger partial charge in [-0.05, 0) is 67.3 Å². The maximum atomic E-state index is 13.3. The smallest absolute Gasteiger partial charge is 0.123 e. The molecule has 0 bridgehead atoms. The topological polar surface area (TPSA) is 0 Å². The number of hydrogen-bond acceptors (Lipinski definition) is 0. The van der Waals surface area contributed by atoms with Gasteiger partial charge in [-0.15, -0.1) is 0 Å². The van der Waals surface area contributed by atoms with Gasteiger partial charge in [0.2, 0.25) is 0 Å². The molecule has 0 aliphatic heterocycles. The lowest BCUT2D eigenvalue weighted by Crippen LogP contribution is -2.17. The van der Waals surface area contributed by atoms with Crippen LogP contribution in [0.25, 0.3) is 0 Å². The quantitative estimate of drug-likeness (QED) is 0.614. The fourth-order valence-corrected chi connectivity index (χ4v) is 4.42. The van der Waals surface area contributed by atoms with Crippen molar-refractivity contribution in [3.05, 3.63) is 34.6 Å². The second-order valence-electron chi connectivity index (χ2n) is 5.87. The molecule has 2 rings (SSSR count). The van der Waals surface area contributed by atoms with Crippen molar-refractivity contribution in [1.29, 1.82) is 0 Å². The monoisotopic (exact) mass is 312 g/mol. The molecule has 1 unspecified atom stereocenters. The highest BCUT2D eigenvalue weighted by Gasteiger charge is 2.27. The molecule has 0 spiro atoms. The number of halogens is 2. The molecule has 1 aromatic carbocycles. The molecule has 0 N–H and O–H groups in total. The Kier molecular flexibility index (Phi) is 4.47. The summed E-state index contributed by atoms with van der Waals surface area (Å²) in [5.41, 5.74) is 3.46. The number of aryl methyl sites for hydroxylation is 2. The zero-order chi connectivity index (χ0) is 13.3. The summed E-state index contributed by atoms with van der Waals surface area (Å²) in [4.78, 5) is 0.380. The molecule has 0 saturated heterocycles. The van der Waals surface area contributed by atoms with Crippen LogP contribution in [0.5, 0.6) is 0 Å². The Bertz CT molecular complexity index is 396. The summed E-state index contributed by atoms with van der Waals surface area (Å²) in [6, 6.07) is 3.31. The number of hydrogen-bond donors (Lipinski definition) is 0. The first-order valence-electron chi connectivity index (χ1n) is 6.89. The summed E-state index contributed by atoms with van der Waals surface area (Å²) < 4.78 is 13.3. The predicted octanol–water partition coefficient (Wildman–Crippen LogP) is 5.70. The van der Waals surface area contributed by atoms with E-state index in [0.717, 1.165) is 17.0 Å². The lowest BCUT2D eigenvalue weighted by molar-refractivity contribution is 0.287. The van der Waals surface area contributed by atoms with Crippen molar-refractivity contribution in [1.82, 2.24) is 0 Å². The van der Waals surface area contributed by atoms with Crippen LogP contribution in [0.1, 0.15) is 54.1 Å². The molecule has 0 nitrogen and oxygen atoms in total. The van der Waals surface area contributed by atoms with Crippen molar-refractivity contribution in [2.45, 2.75) is 51.3 Å². The van der Waals surface area contributed by atoms with Gasteiger partial charge in [-0.3, -0.25) is 0 Å². The van der Waals surface area contributed by atoms with E-state index < -0.39 is 0 Å². The molecule has 1 fully saturated rings. The fourth-order valence-electron chi connectivity index (χ4n) is 3.17. The highest BCUT2D eigenvalue weighted by Crippen LogP contribution is 2.43. The number of rotatable bonds is 2. The van der Waals surface area contributed by atoms with Crippen LogP contribution < -0.4 is 0 Å². The van der Waals surface area contributed by atoms with Crippen molar-refractivity contribution in [3.63, 3.8) is 0 Å². The van der Waals surface area contributed by atoms with E-state index in [4.69, 9.17) is 0 Å². The van der Waals surface area contributed by atoms with Crippen LogP contribution in [0.2, 0.25) is 0 Å². The van der Waals surface area contributed by atoms with Gasteiger partial charge in [0.1, 0.15) is 5.82 Å². The summed E-state index contributed by atoms with van der Waals surface area (Å²) in [6.07, 6.45) is 5.22. The third-order valence-corrected chi connectivity index (χ3v) is 5.51. The van der Waals surface area contributed by atoms with Gasteiger partial charge in [-0.2, -0.15) is 0 Å². The molecule has 1 aliphatic carbocycles. The van der Waals surface area contributed by atoms with Crippen LogP contribution in [0.4, 0.5) is 4.39 Å². The Balaban J connectivity index is 2.21. The Morgan fingerprint density at radius 3 is 2.11 bits per heavy atom. The minimum absolute atomic E-state index is 0.120. The minimum Gasteiger partial charge on any atom is -0.207 e. The normalized spacial score (nSPS) is 26.1. The molecule has 1 aromatic rings. The van der Waals surface area contributed by atoms with Gasteiger partial charge in [-0.25, -0.2) is 4.39 Å². The first-order valence-corrected chi connectivity index (χ1v) is 7.81. The predicted molar refractivity (Wildman–Crippen MR) is 78.7 cm³/mol. The Hall–Kier alpha value is -0.370. The van der Waals surface area contributed by atoms with Crippen LogP contribution in [0.15, 0.2) is 12.1 Å². The maximum absolute atomic E-state index is 13.3. The molecule has 18 heavy (non-hydrogen) atoms. The summed E-state index contributed by atoms with van der Waals surface area (Å²) >= 11 is 3.87. The Labute approximate surface area is 118 Å². The summed E-state index contributed by atoms with van der Waals surface area (Å²) in [5.74, 6) is 1.45. The molecule has 0 heterocycles. The van der Waals surface area contributed by atoms with Gasteiger partial charge in [0.25, 0.3) is 0 Å². The van der Waals surface area contributed by atoms with Crippen LogP contribution in [0, 0.1) is 31.5 Å². The standard InChI is InChI=1S/C16H22BrF/c1-10-4-6-13(7-5-10)16(17)15-11(2)8-14(18)9-12(15)3/h8-10,13,16H,4-7H2,1-3H3. The number of benzene rings is 1. The molecular formula is C16H22BrF. The lowest BCUT2D eigenvalue weighted by Gasteiger charge is -2.31. The van der Waals surface area contributed by atoms with Gasteiger partial charge in [-0.1, -0.05) is 35.7 Å². The zero-order valence-electron chi connectivity index (χ0n) is 11.5. The third-order valence-electron chi connectivity index (χ3n) is 4.31. The Morgan fingerprint density at radius 1 is 1.11 bits per heavy atom. The van der Waals surface area contributed by atoms with Crippen molar-refractivity contribution < 1.29 is 4.39 Å². The third kappa shape index (κ3) is 2.96. The fraction of sp³-hybridized carbons (Fsp3) is 0.625. The maximum Gasteiger partial charge on any atom is 0.123 e. The van der Waals surface area contributed by atoms with Crippen LogP contribution in [-0.4, -0.2) is 0 Å². The van der Waals surface area contributed by atoms with Gasteiger partial charge < -0.3 is 0 Å². The van der Waals surface area contributed by atoms with Gasteiger partial charge in [0.15, 0.2) is 0 Å². The van der Waals surface area contributed by atoms with E-state index in [1.54, 1.807) is 12.1 Å². The molecule has 0 aromatic heterocycles. The van der Waals surface area contributed by atoms with Crippen LogP contribution in [0.3, 0.4) is 0 Å². The molecule has 1 atom stereocenters. The minimum atomic E-state index is -0.120. The summed E-state index contributed by atoms with van der Waals surface area (Å²) in [6.45, 7) is 6.38. The van der Waals surface area contributed by atoms with E-state index in [2.05, 4.69) is 22.9 Å². The molecule has 100 valence electrons. The average molecular weight is 313 g/mol. The summed E-state index contributed by atoms with van der Waals surface area (Å²) in [7, 11) is 0. The molecule has 2 heteroatoms.